The fourth-order valence-electron chi connectivity index (χ4n) is 2.62. The molecule has 2 heterocycles. The van der Waals surface area contributed by atoms with E-state index in [4.69, 9.17) is 13.0 Å². The number of hydrogen-bond acceptors (Lipinski definition) is 6. The second-order valence-corrected chi connectivity index (χ2v) is 7.24. The molecule has 122 valence electrons. The van der Waals surface area contributed by atoms with Crippen molar-refractivity contribution in [3.8, 4) is 0 Å². The molecule has 0 bridgehead atoms. The smallest absolute Gasteiger partial charge is 0.336 e. The third-order valence-corrected chi connectivity index (χ3v) is 4.46. The Morgan fingerprint density at radius 1 is 1.00 bits per heavy atom. The highest BCUT2D eigenvalue weighted by Gasteiger charge is 2.17. The average Bonchev–Trinajstić information content (AvgIpc) is 2.73. The van der Waals surface area contributed by atoms with Crippen molar-refractivity contribution in [3.05, 3.63) is 45.0 Å². The van der Waals surface area contributed by atoms with E-state index in [1.54, 1.807) is 6.92 Å². The second-order valence-electron chi connectivity index (χ2n) is 5.60. The van der Waals surface area contributed by atoms with Gasteiger partial charge in [0, 0.05) is 22.4 Å². The summed E-state index contributed by atoms with van der Waals surface area (Å²) in [5, 5.41) is 1.55. The van der Waals surface area contributed by atoms with Crippen LogP contribution in [-0.4, -0.2) is 14.7 Å². The molecular weight excluding hydrogens is 320 g/mol. The lowest BCUT2D eigenvalue weighted by Crippen LogP contribution is -2.07. The van der Waals surface area contributed by atoms with Crippen LogP contribution in [0.25, 0.3) is 21.9 Å². The molecule has 0 atom stereocenters. The standard InChI is InChI=1S/C16H16O6S/c1-8-10(3)21-15-9(2)16-13(6-12(8)15)11(5-14(17)22-16)7-20-23(4,18)19/h5-6H,7H2,1-4H3. The van der Waals surface area contributed by atoms with E-state index in [-0.39, 0.29) is 6.61 Å². The Balaban J connectivity index is 2.34. The van der Waals surface area contributed by atoms with Crippen molar-refractivity contribution in [2.45, 2.75) is 27.4 Å². The fourth-order valence-corrected chi connectivity index (χ4v) is 2.96. The molecule has 0 saturated carbocycles. The first kappa shape index (κ1) is 15.8. The zero-order valence-electron chi connectivity index (χ0n) is 13.2. The summed E-state index contributed by atoms with van der Waals surface area (Å²) in [5.74, 6) is 0.787. The van der Waals surface area contributed by atoms with E-state index in [1.807, 2.05) is 19.9 Å². The average molecular weight is 336 g/mol. The zero-order chi connectivity index (χ0) is 16.9. The molecule has 7 heteroatoms. The summed E-state index contributed by atoms with van der Waals surface area (Å²) < 4.78 is 38.3. The molecule has 0 aliphatic rings. The maximum atomic E-state index is 11.8. The van der Waals surface area contributed by atoms with Gasteiger partial charge in [-0.3, -0.25) is 4.18 Å². The molecule has 0 aliphatic heterocycles. The van der Waals surface area contributed by atoms with Gasteiger partial charge in [-0.05, 0) is 38.0 Å². The molecule has 0 fully saturated rings. The van der Waals surface area contributed by atoms with Crippen molar-refractivity contribution >= 4 is 32.1 Å². The molecule has 0 unspecified atom stereocenters. The van der Waals surface area contributed by atoms with Crippen molar-refractivity contribution in [1.29, 1.82) is 0 Å². The minimum Gasteiger partial charge on any atom is -0.461 e. The Bertz CT molecular complexity index is 1090. The van der Waals surface area contributed by atoms with E-state index < -0.39 is 15.7 Å². The van der Waals surface area contributed by atoms with E-state index >= 15 is 0 Å². The summed E-state index contributed by atoms with van der Waals surface area (Å²) in [4.78, 5) is 11.8. The highest BCUT2D eigenvalue weighted by molar-refractivity contribution is 7.85. The Morgan fingerprint density at radius 3 is 2.30 bits per heavy atom. The number of furan rings is 1. The van der Waals surface area contributed by atoms with Gasteiger partial charge >= 0.3 is 5.63 Å². The highest BCUT2D eigenvalue weighted by atomic mass is 32.2. The van der Waals surface area contributed by atoms with Crippen molar-refractivity contribution in [2.75, 3.05) is 6.26 Å². The summed E-state index contributed by atoms with van der Waals surface area (Å²) >= 11 is 0. The topological polar surface area (TPSA) is 86.7 Å². The molecule has 23 heavy (non-hydrogen) atoms. The van der Waals surface area contributed by atoms with Crippen LogP contribution in [-0.2, 0) is 20.9 Å². The van der Waals surface area contributed by atoms with E-state index in [0.29, 0.717) is 27.7 Å². The van der Waals surface area contributed by atoms with Crippen LogP contribution in [0, 0.1) is 20.8 Å². The first-order chi connectivity index (χ1) is 10.7. The lowest BCUT2D eigenvalue weighted by molar-refractivity contribution is 0.312. The quantitative estimate of drug-likeness (QED) is 0.540. The summed E-state index contributed by atoms with van der Waals surface area (Å²) in [6.07, 6.45) is 0.966. The number of fused-ring (bicyclic) bond motifs is 2. The number of hydrogen-bond donors (Lipinski definition) is 0. The maximum absolute atomic E-state index is 11.8. The van der Waals surface area contributed by atoms with Gasteiger partial charge in [0.05, 0.1) is 12.9 Å². The Labute approximate surface area is 132 Å². The van der Waals surface area contributed by atoms with Crippen LogP contribution in [0.5, 0.6) is 0 Å². The molecule has 0 N–H and O–H groups in total. The van der Waals surface area contributed by atoms with Gasteiger partial charge in [0.2, 0.25) is 0 Å². The third-order valence-electron chi connectivity index (χ3n) is 3.92. The van der Waals surface area contributed by atoms with Crippen molar-refractivity contribution < 1.29 is 21.4 Å². The molecule has 6 nitrogen and oxygen atoms in total. The SMILES string of the molecule is Cc1oc2c(C)c3oc(=O)cc(COS(C)(=O)=O)c3cc2c1C. The van der Waals surface area contributed by atoms with Gasteiger partial charge in [0.25, 0.3) is 10.1 Å². The highest BCUT2D eigenvalue weighted by Crippen LogP contribution is 2.34. The molecule has 0 radical (unpaired) electrons. The molecule has 0 saturated heterocycles. The summed E-state index contributed by atoms with van der Waals surface area (Å²) in [6.45, 7) is 5.39. The minimum atomic E-state index is -3.61. The van der Waals surface area contributed by atoms with Gasteiger partial charge in [-0.1, -0.05) is 0 Å². The zero-order valence-corrected chi connectivity index (χ0v) is 14.0. The molecule has 0 amide bonds. The van der Waals surface area contributed by atoms with Gasteiger partial charge in [0.1, 0.15) is 16.9 Å². The van der Waals surface area contributed by atoms with Gasteiger partial charge in [-0.25, -0.2) is 4.79 Å². The first-order valence-electron chi connectivity index (χ1n) is 6.98. The number of rotatable bonds is 3. The molecule has 3 aromatic rings. The van der Waals surface area contributed by atoms with Crippen molar-refractivity contribution in [3.63, 3.8) is 0 Å². The molecule has 1 aromatic carbocycles. The Morgan fingerprint density at radius 2 is 1.65 bits per heavy atom. The van der Waals surface area contributed by atoms with E-state index in [9.17, 15) is 13.2 Å². The summed E-state index contributed by atoms with van der Waals surface area (Å²) in [7, 11) is -3.61. The predicted molar refractivity (Wildman–Crippen MR) is 86.1 cm³/mol. The second kappa shape index (κ2) is 5.21. The van der Waals surface area contributed by atoms with Crippen LogP contribution >= 0.6 is 0 Å². The van der Waals surface area contributed by atoms with Crippen LogP contribution in [0.1, 0.15) is 22.5 Å². The van der Waals surface area contributed by atoms with Crippen molar-refractivity contribution in [1.82, 2.24) is 0 Å². The predicted octanol–water partition coefficient (Wildman–Crippen LogP) is 2.94. The molecule has 0 aliphatic carbocycles. The largest absolute Gasteiger partial charge is 0.461 e. The molecule has 2 aromatic heterocycles. The third kappa shape index (κ3) is 2.77. The number of aryl methyl sites for hydroxylation is 3. The maximum Gasteiger partial charge on any atom is 0.336 e. The number of benzene rings is 1. The van der Waals surface area contributed by atoms with Gasteiger partial charge in [0.15, 0.2) is 0 Å². The van der Waals surface area contributed by atoms with Crippen LogP contribution < -0.4 is 5.63 Å². The lowest BCUT2D eigenvalue weighted by Gasteiger charge is -2.08. The van der Waals surface area contributed by atoms with E-state index in [0.717, 1.165) is 23.0 Å². The Kier molecular flexibility index (Phi) is 3.57. The van der Waals surface area contributed by atoms with E-state index in [2.05, 4.69) is 0 Å². The van der Waals surface area contributed by atoms with Crippen LogP contribution in [0.3, 0.4) is 0 Å². The van der Waals surface area contributed by atoms with Gasteiger partial charge in [-0.15, -0.1) is 0 Å². The van der Waals surface area contributed by atoms with Crippen LogP contribution in [0.4, 0.5) is 0 Å². The van der Waals surface area contributed by atoms with Gasteiger partial charge < -0.3 is 8.83 Å². The Hall–Kier alpha value is -2.12. The molecule has 0 spiro atoms. The van der Waals surface area contributed by atoms with Gasteiger partial charge in [-0.2, -0.15) is 8.42 Å². The normalized spacial score (nSPS) is 12.3. The summed E-state index contributed by atoms with van der Waals surface area (Å²) in [5.41, 5.74) is 2.64. The monoisotopic (exact) mass is 336 g/mol. The van der Waals surface area contributed by atoms with Crippen LogP contribution in [0.15, 0.2) is 25.8 Å². The first-order valence-corrected chi connectivity index (χ1v) is 8.79. The molecule has 3 rings (SSSR count). The summed E-state index contributed by atoms with van der Waals surface area (Å²) in [6, 6.07) is 3.09. The van der Waals surface area contributed by atoms with E-state index in [1.165, 1.54) is 6.07 Å². The van der Waals surface area contributed by atoms with Crippen LogP contribution in [0.2, 0.25) is 0 Å². The lowest BCUT2D eigenvalue weighted by atomic mass is 10.0. The fraction of sp³-hybridized carbons (Fsp3) is 0.312. The van der Waals surface area contributed by atoms with Crippen molar-refractivity contribution in [2.24, 2.45) is 0 Å². The minimum absolute atomic E-state index is 0.220. The molecular formula is C16H16O6S.